The first kappa shape index (κ1) is 27.8. The van der Waals surface area contributed by atoms with E-state index in [2.05, 4.69) is 10.7 Å². The van der Waals surface area contributed by atoms with Crippen LogP contribution in [0.3, 0.4) is 0 Å². The van der Waals surface area contributed by atoms with Crippen LogP contribution >= 0.6 is 0 Å². The van der Waals surface area contributed by atoms with Crippen LogP contribution in [0, 0.1) is 0 Å². The number of fused-ring (bicyclic) bond motifs is 1. The van der Waals surface area contributed by atoms with Crippen molar-refractivity contribution in [1.29, 1.82) is 0 Å². The first-order chi connectivity index (χ1) is 17.9. The molecule has 7 nitrogen and oxygen atoms in total. The lowest BCUT2D eigenvalue weighted by Gasteiger charge is -2.31. The van der Waals surface area contributed by atoms with Gasteiger partial charge in [0.05, 0.1) is 12.7 Å². The van der Waals surface area contributed by atoms with Gasteiger partial charge in [0.15, 0.2) is 5.90 Å². The van der Waals surface area contributed by atoms with Crippen molar-refractivity contribution in [3.8, 4) is 5.75 Å². The fraction of sp³-hybridized carbons (Fsp3) is 0.400. The zero-order chi connectivity index (χ0) is 26.6. The Morgan fingerprint density at radius 3 is 2.86 bits per heavy atom. The fourth-order valence-corrected chi connectivity index (χ4v) is 4.25. The molecule has 196 valence electrons. The Hall–Kier alpha value is -3.83. The fourth-order valence-electron chi connectivity index (χ4n) is 4.25. The summed E-state index contributed by atoms with van der Waals surface area (Å²) in [4.78, 5) is 29.6. The van der Waals surface area contributed by atoms with Crippen molar-refractivity contribution in [2.75, 3.05) is 13.2 Å². The number of benzene rings is 1. The molecule has 0 fully saturated rings. The van der Waals surface area contributed by atoms with Crippen LogP contribution in [-0.2, 0) is 28.9 Å². The molecule has 1 aromatic rings. The number of ether oxygens (including phenoxy) is 2. The summed E-state index contributed by atoms with van der Waals surface area (Å²) in [7, 11) is 0. The van der Waals surface area contributed by atoms with Crippen LogP contribution in [0.5, 0.6) is 5.75 Å². The monoisotopic (exact) mass is 504 g/mol. The van der Waals surface area contributed by atoms with Crippen LogP contribution in [0.15, 0.2) is 70.6 Å². The van der Waals surface area contributed by atoms with Gasteiger partial charge < -0.3 is 24.3 Å². The summed E-state index contributed by atoms with van der Waals surface area (Å²) < 4.78 is 11.6. The Kier molecular flexibility index (Phi) is 10.5. The van der Waals surface area contributed by atoms with Crippen molar-refractivity contribution in [3.05, 3.63) is 82.3 Å². The molecular weight excluding hydrogens is 468 g/mol. The highest BCUT2D eigenvalue weighted by Gasteiger charge is 2.26. The lowest BCUT2D eigenvalue weighted by atomic mass is 9.92. The highest BCUT2D eigenvalue weighted by Crippen LogP contribution is 2.32. The highest BCUT2D eigenvalue weighted by molar-refractivity contribution is 5.78. The predicted molar refractivity (Wildman–Crippen MR) is 145 cm³/mol. The van der Waals surface area contributed by atoms with Gasteiger partial charge in [0, 0.05) is 43.6 Å². The molecular formula is C30H36N2O5. The van der Waals surface area contributed by atoms with Gasteiger partial charge in [-0.25, -0.2) is 9.79 Å². The topological polar surface area (TPSA) is 88.4 Å². The molecule has 2 aliphatic rings. The van der Waals surface area contributed by atoms with Gasteiger partial charge >= 0.3 is 6.09 Å². The maximum atomic E-state index is 12.5. The van der Waals surface area contributed by atoms with Gasteiger partial charge in [-0.15, -0.1) is 5.73 Å². The number of nitrogens with zero attached hydrogens (tertiary/aromatic N) is 2. The maximum Gasteiger partial charge on any atom is 0.410 e. The number of aliphatic hydroxyl groups excluding tert-OH is 1. The number of aldehydes is 1. The van der Waals surface area contributed by atoms with E-state index in [1.54, 1.807) is 4.90 Å². The summed E-state index contributed by atoms with van der Waals surface area (Å²) in [6.07, 6.45) is 14.2. The third-order valence-electron chi connectivity index (χ3n) is 6.06. The zero-order valence-corrected chi connectivity index (χ0v) is 21.9. The smallest absolute Gasteiger partial charge is 0.410 e. The molecule has 0 aromatic heterocycles. The Morgan fingerprint density at radius 2 is 2.11 bits per heavy atom. The molecule has 1 N–H and O–H groups in total. The zero-order valence-electron chi connectivity index (χ0n) is 21.9. The molecule has 3 rings (SSSR count). The Labute approximate surface area is 219 Å². The predicted octanol–water partition coefficient (Wildman–Crippen LogP) is 5.95. The molecule has 0 saturated heterocycles. The van der Waals surface area contributed by atoms with E-state index >= 15 is 0 Å². The number of aliphatic imine (C=N–C) groups is 1. The number of carbonyl (C=O) groups is 2. The number of carbonyl (C=O) groups excluding carboxylic acids is 2. The van der Waals surface area contributed by atoms with Crippen LogP contribution in [0.25, 0.3) is 0 Å². The molecule has 0 atom stereocenters. The number of aliphatic hydroxyl groups is 1. The number of hydrogen-bond acceptors (Lipinski definition) is 5. The van der Waals surface area contributed by atoms with Gasteiger partial charge in [-0.3, -0.25) is 0 Å². The van der Waals surface area contributed by atoms with Crippen molar-refractivity contribution in [3.63, 3.8) is 0 Å². The van der Waals surface area contributed by atoms with Crippen LogP contribution in [0.1, 0.15) is 56.7 Å². The van der Waals surface area contributed by atoms with E-state index in [1.165, 1.54) is 0 Å². The second kappa shape index (κ2) is 14.0. The third kappa shape index (κ3) is 8.36. The van der Waals surface area contributed by atoms with Gasteiger partial charge in [0.25, 0.3) is 0 Å². The largest absolute Gasteiger partial charge is 0.496 e. The molecule has 0 radical (unpaired) electrons. The molecule has 0 unspecified atom stereocenters. The lowest BCUT2D eigenvalue weighted by molar-refractivity contribution is -0.107. The van der Waals surface area contributed by atoms with Crippen molar-refractivity contribution in [2.24, 2.45) is 4.99 Å². The quantitative estimate of drug-likeness (QED) is 0.174. The number of rotatable bonds is 11. The molecule has 1 aromatic carbocycles. The minimum Gasteiger partial charge on any atom is -0.496 e. The normalized spacial score (nSPS) is 15.4. The average molecular weight is 505 g/mol. The summed E-state index contributed by atoms with van der Waals surface area (Å²) in [6.45, 7) is 6.92. The molecule has 1 aliphatic carbocycles. The van der Waals surface area contributed by atoms with E-state index in [9.17, 15) is 14.7 Å². The SMILES string of the molecule is C/C=C(\CCOc1ccc(CCC=O)c2c1CCN(C(=O)OC(C)C)C2)N=C(O)CC1=CC=CC=C=C1. The molecule has 0 saturated carbocycles. The lowest BCUT2D eigenvalue weighted by Crippen LogP contribution is -2.38. The van der Waals surface area contributed by atoms with E-state index < -0.39 is 0 Å². The van der Waals surface area contributed by atoms with E-state index in [1.807, 2.05) is 69.4 Å². The first-order valence-electron chi connectivity index (χ1n) is 12.8. The molecule has 0 spiro atoms. The van der Waals surface area contributed by atoms with Crippen LogP contribution in [0.2, 0.25) is 0 Å². The summed E-state index contributed by atoms with van der Waals surface area (Å²) >= 11 is 0. The minimum absolute atomic E-state index is 0.0398. The second-order valence-corrected chi connectivity index (χ2v) is 9.18. The molecule has 7 heteroatoms. The molecule has 1 heterocycles. The van der Waals surface area contributed by atoms with E-state index in [-0.39, 0.29) is 18.1 Å². The maximum absolute atomic E-state index is 12.5. The van der Waals surface area contributed by atoms with Gasteiger partial charge in [-0.1, -0.05) is 30.4 Å². The second-order valence-electron chi connectivity index (χ2n) is 9.18. The van der Waals surface area contributed by atoms with E-state index in [4.69, 9.17) is 9.47 Å². The van der Waals surface area contributed by atoms with Crippen molar-refractivity contribution in [1.82, 2.24) is 4.90 Å². The summed E-state index contributed by atoms with van der Waals surface area (Å²) in [5.74, 6) is 0.815. The van der Waals surface area contributed by atoms with E-state index in [0.29, 0.717) is 51.8 Å². The Morgan fingerprint density at radius 1 is 1.27 bits per heavy atom. The summed E-state index contributed by atoms with van der Waals surface area (Å²) in [5.41, 5.74) is 7.83. The Bertz CT molecular complexity index is 1170. The molecule has 1 aliphatic heterocycles. The number of aryl methyl sites for hydroxylation is 1. The molecule has 1 amide bonds. The minimum atomic E-state index is -0.328. The van der Waals surface area contributed by atoms with Crippen molar-refractivity contribution in [2.45, 2.75) is 65.5 Å². The third-order valence-corrected chi connectivity index (χ3v) is 6.06. The van der Waals surface area contributed by atoms with Crippen molar-refractivity contribution >= 4 is 18.3 Å². The highest BCUT2D eigenvalue weighted by atomic mass is 16.6. The standard InChI is InChI=1S/C30H36N2O5/c1-4-25(31-29(34)20-23-10-7-5-6-8-11-23)16-19-36-28-14-13-24(12-9-18-33)27-21-32(17-15-26(27)28)30(35)37-22(2)3/h4-7,10-11,13-14,18,22H,9,12,15-17,19-21H2,1-3H3,(H,31,34)/b25-4+. The first-order valence-corrected chi connectivity index (χ1v) is 12.8. The average Bonchev–Trinajstić information content (AvgIpc) is 3.15. The van der Waals surface area contributed by atoms with Gasteiger partial charge in [0.2, 0.25) is 0 Å². The number of allylic oxidation sites excluding steroid dienone is 5. The van der Waals surface area contributed by atoms with E-state index in [0.717, 1.165) is 40.0 Å². The molecule has 0 bridgehead atoms. The summed E-state index contributed by atoms with van der Waals surface area (Å²) in [5, 5.41) is 10.4. The van der Waals surface area contributed by atoms with Gasteiger partial charge in [-0.2, -0.15) is 0 Å². The summed E-state index contributed by atoms with van der Waals surface area (Å²) in [6, 6.07) is 3.93. The number of amides is 1. The van der Waals surface area contributed by atoms with Crippen molar-refractivity contribution < 1.29 is 24.2 Å². The number of hydrogen-bond donors (Lipinski definition) is 1. The van der Waals surface area contributed by atoms with Crippen LogP contribution in [-0.4, -0.2) is 47.5 Å². The van der Waals surface area contributed by atoms with Crippen LogP contribution in [0.4, 0.5) is 4.79 Å². The molecule has 37 heavy (non-hydrogen) atoms. The van der Waals surface area contributed by atoms with Gasteiger partial charge in [0.1, 0.15) is 12.0 Å². The Balaban J connectivity index is 1.67. The van der Waals surface area contributed by atoms with Crippen LogP contribution < -0.4 is 4.74 Å². The van der Waals surface area contributed by atoms with Gasteiger partial charge in [-0.05, 0) is 68.5 Å².